The van der Waals surface area contributed by atoms with Gasteiger partial charge in [-0.05, 0) is 37.4 Å². The molecule has 2 aliphatic rings. The number of nitrogens with zero attached hydrogens (tertiary/aromatic N) is 3. The van der Waals surface area contributed by atoms with E-state index in [2.05, 4.69) is 26.3 Å². The lowest BCUT2D eigenvalue weighted by atomic mass is 10.0. The average molecular weight is 352 g/mol. The Hall–Kier alpha value is -2.47. The van der Waals surface area contributed by atoms with Crippen LogP contribution in [0.3, 0.4) is 0 Å². The van der Waals surface area contributed by atoms with Crippen LogP contribution in [0.2, 0.25) is 0 Å². The van der Waals surface area contributed by atoms with E-state index < -0.39 is 0 Å². The van der Waals surface area contributed by atoms with E-state index in [1.54, 1.807) is 12.4 Å². The largest absolute Gasteiger partial charge is 0.494 e. The lowest BCUT2D eigenvalue weighted by Crippen LogP contribution is -2.32. The van der Waals surface area contributed by atoms with E-state index in [9.17, 15) is 4.79 Å². The highest BCUT2D eigenvalue weighted by atomic mass is 16.5. The van der Waals surface area contributed by atoms with Crippen molar-refractivity contribution in [3.8, 4) is 5.75 Å². The van der Waals surface area contributed by atoms with Crippen LogP contribution >= 0.6 is 0 Å². The summed E-state index contributed by atoms with van der Waals surface area (Å²) in [6.45, 7) is 3.70. The Morgan fingerprint density at radius 1 is 1.08 bits per heavy atom. The molecule has 2 aliphatic heterocycles. The highest BCUT2D eigenvalue weighted by molar-refractivity contribution is 5.94. The summed E-state index contributed by atoms with van der Waals surface area (Å²) in [6, 6.07) is 5.99. The second kappa shape index (κ2) is 7.83. The van der Waals surface area contributed by atoms with Crippen LogP contribution in [0.4, 0.5) is 5.69 Å². The van der Waals surface area contributed by atoms with Crippen LogP contribution in [0.15, 0.2) is 30.6 Å². The van der Waals surface area contributed by atoms with Gasteiger partial charge >= 0.3 is 0 Å². The number of hydrogen-bond acceptors (Lipinski definition) is 5. The van der Waals surface area contributed by atoms with Gasteiger partial charge in [0.2, 0.25) is 5.91 Å². The second-order valence-corrected chi connectivity index (χ2v) is 6.90. The van der Waals surface area contributed by atoms with Gasteiger partial charge in [-0.3, -0.25) is 19.7 Å². The van der Waals surface area contributed by atoms with E-state index in [4.69, 9.17) is 4.74 Å². The van der Waals surface area contributed by atoms with E-state index >= 15 is 0 Å². The van der Waals surface area contributed by atoms with Crippen LogP contribution in [0.25, 0.3) is 0 Å². The number of aryl methyl sites for hydroxylation is 1. The standard InChI is InChI=1S/C20H24N4O2/c25-20-6-4-15-3-5-16(13-18(15)23-20)26-12-2-1-10-24-11-7-17-19(14-24)22-9-8-21-17/h3,5,8-9,13H,1-2,4,6-7,10-12,14H2,(H,23,25). The first-order chi connectivity index (χ1) is 12.8. The van der Waals surface area contributed by atoms with Gasteiger partial charge in [-0.15, -0.1) is 0 Å². The molecule has 0 radical (unpaired) electrons. The molecule has 0 atom stereocenters. The molecular formula is C20H24N4O2. The maximum atomic E-state index is 11.5. The quantitative estimate of drug-likeness (QED) is 0.810. The molecule has 0 saturated carbocycles. The summed E-state index contributed by atoms with van der Waals surface area (Å²) in [5, 5.41) is 2.92. The normalized spacial score (nSPS) is 16.5. The molecule has 136 valence electrons. The predicted octanol–water partition coefficient (Wildman–Crippen LogP) is 2.58. The lowest BCUT2D eigenvalue weighted by Gasteiger charge is -2.27. The van der Waals surface area contributed by atoms with Crippen molar-refractivity contribution in [2.45, 2.75) is 38.6 Å². The van der Waals surface area contributed by atoms with Gasteiger partial charge in [-0.25, -0.2) is 0 Å². The first kappa shape index (κ1) is 17.0. The van der Waals surface area contributed by atoms with Gasteiger partial charge in [0, 0.05) is 50.1 Å². The van der Waals surface area contributed by atoms with E-state index in [1.807, 2.05) is 12.1 Å². The molecule has 1 N–H and O–H groups in total. The van der Waals surface area contributed by atoms with Crippen molar-refractivity contribution in [3.63, 3.8) is 0 Å². The highest BCUT2D eigenvalue weighted by Gasteiger charge is 2.17. The number of ether oxygens (including phenoxy) is 1. The summed E-state index contributed by atoms with van der Waals surface area (Å²) in [6.07, 6.45) is 8.02. The molecule has 0 saturated heterocycles. The Balaban J connectivity index is 1.19. The van der Waals surface area contributed by atoms with Crippen LogP contribution in [-0.2, 0) is 24.2 Å². The third-order valence-electron chi connectivity index (χ3n) is 5.01. The molecular weight excluding hydrogens is 328 g/mol. The Morgan fingerprint density at radius 3 is 2.88 bits per heavy atom. The number of fused-ring (bicyclic) bond motifs is 2. The van der Waals surface area contributed by atoms with Gasteiger partial charge < -0.3 is 10.1 Å². The molecule has 26 heavy (non-hydrogen) atoms. The first-order valence-corrected chi connectivity index (χ1v) is 9.34. The van der Waals surface area contributed by atoms with Crippen LogP contribution in [0.5, 0.6) is 5.75 Å². The zero-order valence-electron chi connectivity index (χ0n) is 14.9. The van der Waals surface area contributed by atoms with Gasteiger partial charge in [0.1, 0.15) is 5.75 Å². The first-order valence-electron chi connectivity index (χ1n) is 9.34. The number of hydrogen-bond donors (Lipinski definition) is 1. The maximum absolute atomic E-state index is 11.5. The van der Waals surface area contributed by atoms with Gasteiger partial charge in [-0.1, -0.05) is 6.07 Å². The summed E-state index contributed by atoms with van der Waals surface area (Å²) in [5.74, 6) is 0.913. The molecule has 2 aromatic rings. The van der Waals surface area contributed by atoms with Crippen molar-refractivity contribution in [2.75, 3.05) is 25.0 Å². The molecule has 0 bridgehead atoms. The summed E-state index contributed by atoms with van der Waals surface area (Å²) in [5.41, 5.74) is 4.34. The second-order valence-electron chi connectivity index (χ2n) is 6.90. The molecule has 0 spiro atoms. The van der Waals surface area contributed by atoms with E-state index in [1.165, 1.54) is 5.56 Å². The minimum atomic E-state index is 0.0856. The summed E-state index contributed by atoms with van der Waals surface area (Å²) >= 11 is 0. The van der Waals surface area contributed by atoms with E-state index in [-0.39, 0.29) is 5.91 Å². The van der Waals surface area contributed by atoms with E-state index in [0.717, 1.165) is 68.1 Å². The van der Waals surface area contributed by atoms with Crippen LogP contribution in [0.1, 0.15) is 36.2 Å². The molecule has 0 aliphatic carbocycles. The van der Waals surface area contributed by atoms with Crippen molar-refractivity contribution < 1.29 is 9.53 Å². The van der Waals surface area contributed by atoms with Gasteiger partial charge in [0.25, 0.3) is 0 Å². The summed E-state index contributed by atoms with van der Waals surface area (Å²) in [7, 11) is 0. The smallest absolute Gasteiger partial charge is 0.224 e. The number of anilines is 1. The molecule has 1 amide bonds. The minimum absolute atomic E-state index is 0.0856. The predicted molar refractivity (Wildman–Crippen MR) is 99.1 cm³/mol. The minimum Gasteiger partial charge on any atom is -0.494 e. The van der Waals surface area contributed by atoms with Crippen LogP contribution in [0, 0.1) is 0 Å². The monoisotopic (exact) mass is 352 g/mol. The number of amides is 1. The van der Waals surface area contributed by atoms with E-state index in [0.29, 0.717) is 13.0 Å². The molecule has 0 fully saturated rings. The molecule has 1 aromatic carbocycles. The number of nitrogens with one attached hydrogen (secondary N) is 1. The number of aromatic nitrogens is 2. The van der Waals surface area contributed by atoms with Crippen molar-refractivity contribution in [1.82, 2.24) is 14.9 Å². The number of carbonyl (C=O) groups is 1. The number of benzene rings is 1. The summed E-state index contributed by atoms with van der Waals surface area (Å²) < 4.78 is 5.86. The molecule has 6 heteroatoms. The van der Waals surface area contributed by atoms with Crippen LogP contribution < -0.4 is 10.1 Å². The zero-order chi connectivity index (χ0) is 17.8. The molecule has 1 aromatic heterocycles. The van der Waals surface area contributed by atoms with Gasteiger partial charge in [0.05, 0.1) is 18.0 Å². The van der Waals surface area contributed by atoms with Crippen molar-refractivity contribution >= 4 is 11.6 Å². The summed E-state index contributed by atoms with van der Waals surface area (Å²) in [4.78, 5) is 22.8. The maximum Gasteiger partial charge on any atom is 0.224 e. The molecule has 4 rings (SSSR count). The Labute approximate surface area is 153 Å². The fourth-order valence-electron chi connectivity index (χ4n) is 3.55. The van der Waals surface area contributed by atoms with Crippen LogP contribution in [-0.4, -0.2) is 40.5 Å². The molecule has 6 nitrogen and oxygen atoms in total. The fourth-order valence-corrected chi connectivity index (χ4v) is 3.55. The van der Waals surface area contributed by atoms with Gasteiger partial charge in [-0.2, -0.15) is 0 Å². The third-order valence-corrected chi connectivity index (χ3v) is 5.01. The Morgan fingerprint density at radius 2 is 1.96 bits per heavy atom. The number of rotatable bonds is 6. The number of carbonyl (C=O) groups excluding carboxylic acids is 1. The SMILES string of the molecule is O=C1CCc2ccc(OCCCCN3CCc4nccnc4C3)cc2N1. The van der Waals surface area contributed by atoms with Crippen molar-refractivity contribution in [1.29, 1.82) is 0 Å². The Bertz CT molecular complexity index is 793. The average Bonchev–Trinajstić information content (AvgIpc) is 2.67. The third kappa shape index (κ3) is 4.02. The van der Waals surface area contributed by atoms with Gasteiger partial charge in [0.15, 0.2) is 0 Å². The molecule has 3 heterocycles. The topological polar surface area (TPSA) is 67.3 Å². The molecule has 0 unspecified atom stereocenters. The Kier molecular flexibility index (Phi) is 5.11. The highest BCUT2D eigenvalue weighted by Crippen LogP contribution is 2.27. The fraction of sp³-hybridized carbons (Fsp3) is 0.450. The zero-order valence-corrected chi connectivity index (χ0v) is 14.9. The van der Waals surface area contributed by atoms with Crippen molar-refractivity contribution in [2.24, 2.45) is 0 Å². The number of unbranched alkanes of at least 4 members (excludes halogenated alkanes) is 1. The lowest BCUT2D eigenvalue weighted by molar-refractivity contribution is -0.116. The van der Waals surface area contributed by atoms with Crippen molar-refractivity contribution in [3.05, 3.63) is 47.5 Å².